The molecule has 0 bridgehead atoms. The topological polar surface area (TPSA) is 112 Å². The summed E-state index contributed by atoms with van der Waals surface area (Å²) in [6.45, 7) is 0. The van der Waals surface area contributed by atoms with Crippen molar-refractivity contribution in [2.75, 3.05) is 0 Å². The highest BCUT2D eigenvalue weighted by Crippen LogP contribution is 2.01. The Labute approximate surface area is 78.8 Å². The van der Waals surface area contributed by atoms with Gasteiger partial charge in [0.2, 0.25) is 0 Å². The molecule has 0 amide bonds. The van der Waals surface area contributed by atoms with Crippen LogP contribution in [0.5, 0.6) is 0 Å². The van der Waals surface area contributed by atoms with Crippen LogP contribution in [0.2, 0.25) is 0 Å². The van der Waals surface area contributed by atoms with E-state index < -0.39 is 24.3 Å². The van der Waals surface area contributed by atoms with E-state index in [0.29, 0.717) is 6.08 Å². The zero-order chi connectivity index (χ0) is 11.1. The molecule has 6 nitrogen and oxygen atoms in total. The standard InChI is InChI=1S/C8H8O6/c9-6(10)3-1-2-5(8(13)14)4-7(11)12/h1-3H,4H2,(H,9,10)(H,11,12)(H,13,14). The summed E-state index contributed by atoms with van der Waals surface area (Å²) in [5.74, 6) is -3.91. The van der Waals surface area contributed by atoms with E-state index in [-0.39, 0.29) is 5.57 Å². The van der Waals surface area contributed by atoms with Gasteiger partial charge < -0.3 is 15.3 Å². The zero-order valence-electron chi connectivity index (χ0n) is 7.01. The van der Waals surface area contributed by atoms with Gasteiger partial charge in [-0.2, -0.15) is 0 Å². The van der Waals surface area contributed by atoms with Gasteiger partial charge in [-0.1, -0.05) is 12.2 Å². The second-order valence-corrected chi connectivity index (χ2v) is 2.26. The monoisotopic (exact) mass is 200 g/mol. The smallest absolute Gasteiger partial charge is 0.332 e. The Morgan fingerprint density at radius 3 is 2.00 bits per heavy atom. The van der Waals surface area contributed by atoms with Gasteiger partial charge in [0.05, 0.1) is 6.42 Å². The van der Waals surface area contributed by atoms with Gasteiger partial charge in [0.15, 0.2) is 0 Å². The maximum absolute atomic E-state index is 10.4. The summed E-state index contributed by atoms with van der Waals surface area (Å²) >= 11 is 0. The molecule has 0 aliphatic heterocycles. The highest BCUT2D eigenvalue weighted by atomic mass is 16.4. The molecular formula is C8H8O6. The first-order valence-corrected chi connectivity index (χ1v) is 3.48. The third-order valence-electron chi connectivity index (χ3n) is 1.15. The van der Waals surface area contributed by atoms with Gasteiger partial charge in [0.1, 0.15) is 0 Å². The number of hydrogen-bond acceptors (Lipinski definition) is 3. The van der Waals surface area contributed by atoms with Crippen LogP contribution >= 0.6 is 0 Å². The van der Waals surface area contributed by atoms with Gasteiger partial charge in [0.25, 0.3) is 0 Å². The average molecular weight is 200 g/mol. The number of carboxylic acid groups (broad SMARTS) is 3. The van der Waals surface area contributed by atoms with Crippen molar-refractivity contribution in [3.05, 3.63) is 23.8 Å². The van der Waals surface area contributed by atoms with E-state index in [2.05, 4.69) is 0 Å². The Morgan fingerprint density at radius 1 is 1.07 bits per heavy atom. The quantitative estimate of drug-likeness (QED) is 0.429. The van der Waals surface area contributed by atoms with Crippen LogP contribution < -0.4 is 0 Å². The molecule has 14 heavy (non-hydrogen) atoms. The molecule has 0 aromatic rings. The van der Waals surface area contributed by atoms with E-state index >= 15 is 0 Å². The maximum Gasteiger partial charge on any atom is 0.332 e. The van der Waals surface area contributed by atoms with Gasteiger partial charge in [-0.25, -0.2) is 9.59 Å². The number of carbonyl (C=O) groups is 3. The molecule has 76 valence electrons. The molecule has 0 aromatic carbocycles. The first kappa shape index (κ1) is 11.9. The van der Waals surface area contributed by atoms with E-state index in [4.69, 9.17) is 15.3 Å². The molecule has 0 saturated heterocycles. The van der Waals surface area contributed by atoms with Crippen molar-refractivity contribution in [1.82, 2.24) is 0 Å². The molecule has 0 aliphatic rings. The third-order valence-corrected chi connectivity index (χ3v) is 1.15. The van der Waals surface area contributed by atoms with Crippen LogP contribution in [-0.2, 0) is 14.4 Å². The largest absolute Gasteiger partial charge is 0.481 e. The lowest BCUT2D eigenvalue weighted by molar-refractivity contribution is -0.139. The van der Waals surface area contributed by atoms with Crippen molar-refractivity contribution in [2.45, 2.75) is 6.42 Å². The third kappa shape index (κ3) is 5.53. The van der Waals surface area contributed by atoms with Crippen LogP contribution in [0.3, 0.4) is 0 Å². The summed E-state index contributed by atoms with van der Waals surface area (Å²) in [6.07, 6.45) is 1.96. The van der Waals surface area contributed by atoms with E-state index in [9.17, 15) is 14.4 Å². The fourth-order valence-corrected chi connectivity index (χ4v) is 0.615. The lowest BCUT2D eigenvalue weighted by atomic mass is 10.2. The fraction of sp³-hybridized carbons (Fsp3) is 0.125. The van der Waals surface area contributed by atoms with Crippen LogP contribution in [0, 0.1) is 0 Å². The highest BCUT2D eigenvalue weighted by molar-refractivity contribution is 5.92. The van der Waals surface area contributed by atoms with Crippen molar-refractivity contribution in [3.63, 3.8) is 0 Å². The molecule has 3 N–H and O–H groups in total. The van der Waals surface area contributed by atoms with Crippen molar-refractivity contribution < 1.29 is 29.7 Å². The first-order chi connectivity index (χ1) is 6.43. The summed E-state index contributed by atoms with van der Waals surface area (Å²) in [7, 11) is 0. The molecule has 0 atom stereocenters. The van der Waals surface area contributed by atoms with Crippen LogP contribution in [-0.4, -0.2) is 33.2 Å². The lowest BCUT2D eigenvalue weighted by Gasteiger charge is -1.94. The minimum atomic E-state index is -1.39. The minimum absolute atomic E-state index is 0.380. The summed E-state index contributed by atoms with van der Waals surface area (Å²) in [6, 6.07) is 0. The van der Waals surface area contributed by atoms with E-state index in [1.807, 2.05) is 0 Å². The van der Waals surface area contributed by atoms with Crippen molar-refractivity contribution >= 4 is 17.9 Å². The molecule has 0 radical (unpaired) electrons. The summed E-state index contributed by atoms with van der Waals surface area (Å²) in [5.41, 5.74) is -0.380. The Bertz CT molecular complexity index is 312. The van der Waals surface area contributed by atoms with Crippen LogP contribution in [0.15, 0.2) is 23.8 Å². The predicted molar refractivity (Wildman–Crippen MR) is 44.7 cm³/mol. The molecule has 0 unspecified atom stereocenters. The van der Waals surface area contributed by atoms with Crippen LogP contribution in [0.1, 0.15) is 6.42 Å². The van der Waals surface area contributed by atoms with Crippen molar-refractivity contribution in [3.8, 4) is 0 Å². The SMILES string of the molecule is O=C(O)C=CC=C(CC(=O)O)C(=O)O. The molecule has 0 rings (SSSR count). The molecule has 0 fully saturated rings. The lowest BCUT2D eigenvalue weighted by Crippen LogP contribution is -2.06. The Hall–Kier alpha value is -2.11. The summed E-state index contributed by atoms with van der Waals surface area (Å²) in [4.78, 5) is 30.6. The number of aliphatic carboxylic acids is 3. The van der Waals surface area contributed by atoms with Crippen LogP contribution in [0.25, 0.3) is 0 Å². The predicted octanol–water partition coefficient (Wildman–Crippen LogP) is 0.113. The van der Waals surface area contributed by atoms with Crippen LogP contribution in [0.4, 0.5) is 0 Å². The summed E-state index contributed by atoms with van der Waals surface area (Å²) < 4.78 is 0. The minimum Gasteiger partial charge on any atom is -0.481 e. The summed E-state index contributed by atoms with van der Waals surface area (Å²) in [5, 5.41) is 24.9. The van der Waals surface area contributed by atoms with E-state index in [1.54, 1.807) is 0 Å². The molecule has 0 aliphatic carbocycles. The van der Waals surface area contributed by atoms with Gasteiger partial charge in [-0.15, -0.1) is 0 Å². The zero-order valence-corrected chi connectivity index (χ0v) is 7.01. The molecular weight excluding hydrogens is 192 g/mol. The van der Waals surface area contributed by atoms with Gasteiger partial charge in [-0.05, 0) is 0 Å². The fourth-order valence-electron chi connectivity index (χ4n) is 0.615. The van der Waals surface area contributed by atoms with Gasteiger partial charge in [-0.3, -0.25) is 4.79 Å². The molecule has 0 saturated carbocycles. The average Bonchev–Trinajstić information content (AvgIpc) is 2.00. The number of rotatable bonds is 5. The molecule has 0 spiro atoms. The van der Waals surface area contributed by atoms with Gasteiger partial charge in [0, 0.05) is 11.6 Å². The molecule has 0 heterocycles. The number of hydrogen-bond donors (Lipinski definition) is 3. The van der Waals surface area contributed by atoms with Crippen molar-refractivity contribution in [1.29, 1.82) is 0 Å². The molecule has 0 aromatic heterocycles. The second kappa shape index (κ2) is 5.52. The first-order valence-electron chi connectivity index (χ1n) is 3.48. The second-order valence-electron chi connectivity index (χ2n) is 2.26. The normalized spacial score (nSPS) is 11.6. The maximum atomic E-state index is 10.4. The Balaban J connectivity index is 4.57. The number of allylic oxidation sites excluding steroid dienone is 2. The Morgan fingerprint density at radius 2 is 1.64 bits per heavy atom. The molecule has 6 heteroatoms. The van der Waals surface area contributed by atoms with E-state index in [0.717, 1.165) is 12.2 Å². The van der Waals surface area contributed by atoms with Gasteiger partial charge >= 0.3 is 17.9 Å². The Kier molecular flexibility index (Phi) is 4.69. The van der Waals surface area contributed by atoms with Crippen molar-refractivity contribution in [2.24, 2.45) is 0 Å². The highest BCUT2D eigenvalue weighted by Gasteiger charge is 2.10. The van der Waals surface area contributed by atoms with E-state index in [1.165, 1.54) is 0 Å². The number of carboxylic acids is 3.